The zero-order valence-corrected chi connectivity index (χ0v) is 11.5. The van der Waals surface area contributed by atoms with Gasteiger partial charge >= 0.3 is 0 Å². The summed E-state index contributed by atoms with van der Waals surface area (Å²) in [6.07, 6.45) is 1.46. The van der Waals surface area contributed by atoms with Crippen LogP contribution >= 0.6 is 0 Å². The Morgan fingerprint density at radius 1 is 1.39 bits per heavy atom. The van der Waals surface area contributed by atoms with Crippen molar-refractivity contribution in [3.8, 4) is 0 Å². The fraction of sp³-hybridized carbons (Fsp3) is 0.846. The lowest BCUT2D eigenvalue weighted by Gasteiger charge is -2.39. The molecule has 0 saturated carbocycles. The summed E-state index contributed by atoms with van der Waals surface area (Å²) < 4.78 is 0. The minimum atomic E-state index is -0.409. The molecule has 0 bridgehead atoms. The number of aliphatic hydroxyl groups is 1. The van der Waals surface area contributed by atoms with Gasteiger partial charge in [0.15, 0.2) is 0 Å². The molecule has 5 heteroatoms. The van der Waals surface area contributed by atoms with E-state index in [0.29, 0.717) is 25.9 Å². The molecule has 0 aromatic heterocycles. The number of aliphatic hydroxyl groups excluding tert-OH is 1. The maximum Gasteiger partial charge on any atom is 0.222 e. The van der Waals surface area contributed by atoms with E-state index in [2.05, 4.69) is 5.32 Å². The van der Waals surface area contributed by atoms with Crippen molar-refractivity contribution in [3.05, 3.63) is 0 Å². The normalized spacial score (nSPS) is 25.7. The molecule has 1 rings (SSSR count). The zero-order chi connectivity index (χ0) is 13.7. The van der Waals surface area contributed by atoms with Crippen LogP contribution in [-0.2, 0) is 9.59 Å². The van der Waals surface area contributed by atoms with Gasteiger partial charge in [-0.05, 0) is 12.8 Å². The third-order valence-electron chi connectivity index (χ3n) is 3.51. The molecule has 1 aliphatic rings. The lowest BCUT2D eigenvalue weighted by molar-refractivity contribution is -0.135. The maximum atomic E-state index is 11.8. The first-order valence-corrected chi connectivity index (χ1v) is 6.70. The second kappa shape index (κ2) is 6.73. The van der Waals surface area contributed by atoms with Gasteiger partial charge in [-0.3, -0.25) is 9.59 Å². The number of hydrogen-bond donors (Lipinski definition) is 2. The van der Waals surface area contributed by atoms with Crippen molar-refractivity contribution in [1.29, 1.82) is 0 Å². The fourth-order valence-corrected chi connectivity index (χ4v) is 2.57. The van der Waals surface area contributed by atoms with E-state index >= 15 is 0 Å². The summed E-state index contributed by atoms with van der Waals surface area (Å²) in [5.74, 6) is 0.0463. The predicted molar refractivity (Wildman–Crippen MR) is 68.9 cm³/mol. The van der Waals surface area contributed by atoms with Gasteiger partial charge < -0.3 is 15.3 Å². The van der Waals surface area contributed by atoms with Crippen LogP contribution in [0.15, 0.2) is 0 Å². The largest absolute Gasteiger partial charge is 0.393 e. The standard InChI is InChI=1S/C13H24N2O3/c1-4-12(17)10-6-11(14-9(3)16)8-15(7-10)13(18)5-2/h10-12,17H,4-8H2,1-3H3,(H,14,16). The minimum absolute atomic E-state index is 0.0436. The van der Waals surface area contributed by atoms with Gasteiger partial charge in [-0.2, -0.15) is 0 Å². The molecule has 0 aromatic carbocycles. The summed E-state index contributed by atoms with van der Waals surface area (Å²) in [7, 11) is 0. The summed E-state index contributed by atoms with van der Waals surface area (Å²) in [4.78, 5) is 24.7. The number of likely N-dealkylation sites (tertiary alicyclic amines) is 1. The maximum absolute atomic E-state index is 11.8. The van der Waals surface area contributed by atoms with Crippen LogP contribution in [0, 0.1) is 5.92 Å². The first-order valence-electron chi connectivity index (χ1n) is 6.70. The third-order valence-corrected chi connectivity index (χ3v) is 3.51. The molecule has 0 aromatic rings. The highest BCUT2D eigenvalue weighted by Gasteiger charge is 2.32. The van der Waals surface area contributed by atoms with E-state index in [1.165, 1.54) is 6.92 Å². The number of piperidine rings is 1. The average molecular weight is 256 g/mol. The highest BCUT2D eigenvalue weighted by atomic mass is 16.3. The Morgan fingerprint density at radius 2 is 2.06 bits per heavy atom. The van der Waals surface area contributed by atoms with E-state index < -0.39 is 6.10 Å². The lowest BCUT2D eigenvalue weighted by Crippen LogP contribution is -2.54. The van der Waals surface area contributed by atoms with Crippen LogP contribution in [0.2, 0.25) is 0 Å². The molecule has 18 heavy (non-hydrogen) atoms. The lowest BCUT2D eigenvalue weighted by atomic mass is 9.88. The smallest absolute Gasteiger partial charge is 0.222 e. The van der Waals surface area contributed by atoms with Crippen molar-refractivity contribution in [1.82, 2.24) is 10.2 Å². The highest BCUT2D eigenvalue weighted by Crippen LogP contribution is 2.22. The Bertz CT molecular complexity index is 307. The number of rotatable bonds is 4. The van der Waals surface area contributed by atoms with Gasteiger partial charge in [-0.1, -0.05) is 13.8 Å². The molecular weight excluding hydrogens is 232 g/mol. The molecule has 0 aliphatic carbocycles. The third kappa shape index (κ3) is 3.98. The predicted octanol–water partition coefficient (Wildman–Crippen LogP) is 0.520. The topological polar surface area (TPSA) is 69.6 Å². The molecule has 3 atom stereocenters. The quantitative estimate of drug-likeness (QED) is 0.770. The molecule has 1 saturated heterocycles. The Kier molecular flexibility index (Phi) is 5.59. The molecule has 0 spiro atoms. The van der Waals surface area contributed by atoms with Crippen LogP contribution in [0.5, 0.6) is 0 Å². The minimum Gasteiger partial charge on any atom is -0.393 e. The summed E-state index contributed by atoms with van der Waals surface area (Å²) in [5, 5.41) is 12.8. The molecule has 0 radical (unpaired) electrons. The van der Waals surface area contributed by atoms with Gasteiger partial charge in [0.1, 0.15) is 0 Å². The molecule has 2 N–H and O–H groups in total. The number of carbonyl (C=O) groups is 2. The number of hydrogen-bond acceptors (Lipinski definition) is 3. The monoisotopic (exact) mass is 256 g/mol. The van der Waals surface area contributed by atoms with Gasteiger partial charge in [0.25, 0.3) is 0 Å². The number of nitrogens with one attached hydrogen (secondary N) is 1. The summed E-state index contributed by atoms with van der Waals surface area (Å²) >= 11 is 0. The van der Waals surface area contributed by atoms with Crippen molar-refractivity contribution >= 4 is 11.8 Å². The highest BCUT2D eigenvalue weighted by molar-refractivity contribution is 5.76. The van der Waals surface area contributed by atoms with Gasteiger partial charge in [0.2, 0.25) is 11.8 Å². The van der Waals surface area contributed by atoms with E-state index in [4.69, 9.17) is 0 Å². The van der Waals surface area contributed by atoms with Crippen LogP contribution in [0.25, 0.3) is 0 Å². The van der Waals surface area contributed by atoms with Crippen molar-refractivity contribution in [2.45, 2.75) is 52.2 Å². The molecule has 1 heterocycles. The SMILES string of the molecule is CCC(=O)N1CC(NC(C)=O)CC(C(O)CC)C1. The van der Waals surface area contributed by atoms with Gasteiger partial charge in [-0.15, -0.1) is 0 Å². The Morgan fingerprint density at radius 3 is 2.56 bits per heavy atom. The molecule has 2 amide bonds. The van der Waals surface area contributed by atoms with Gasteiger partial charge in [0, 0.05) is 38.4 Å². The van der Waals surface area contributed by atoms with Crippen molar-refractivity contribution in [2.75, 3.05) is 13.1 Å². The van der Waals surface area contributed by atoms with Crippen LogP contribution in [0.1, 0.15) is 40.0 Å². The van der Waals surface area contributed by atoms with E-state index in [0.717, 1.165) is 6.42 Å². The Labute approximate surface area is 109 Å². The summed E-state index contributed by atoms with van der Waals surface area (Å²) in [6, 6.07) is -0.0436. The van der Waals surface area contributed by atoms with Crippen molar-refractivity contribution in [2.24, 2.45) is 5.92 Å². The van der Waals surface area contributed by atoms with E-state index in [1.54, 1.807) is 4.90 Å². The fourth-order valence-electron chi connectivity index (χ4n) is 2.57. The number of amides is 2. The first-order chi connectivity index (χ1) is 8.47. The average Bonchev–Trinajstić information content (AvgIpc) is 2.35. The van der Waals surface area contributed by atoms with Crippen LogP contribution in [0.3, 0.4) is 0 Å². The zero-order valence-electron chi connectivity index (χ0n) is 11.5. The number of nitrogens with zero attached hydrogens (tertiary/aromatic N) is 1. The molecule has 1 aliphatic heterocycles. The molecule has 5 nitrogen and oxygen atoms in total. The number of carbonyl (C=O) groups excluding carboxylic acids is 2. The summed E-state index contributed by atoms with van der Waals surface area (Å²) in [6.45, 7) is 6.39. The molecule has 1 fully saturated rings. The Balaban J connectivity index is 2.71. The van der Waals surface area contributed by atoms with Gasteiger partial charge in [-0.25, -0.2) is 0 Å². The van der Waals surface area contributed by atoms with E-state index in [9.17, 15) is 14.7 Å². The van der Waals surface area contributed by atoms with Gasteiger partial charge in [0.05, 0.1) is 6.10 Å². The van der Waals surface area contributed by atoms with Crippen molar-refractivity contribution < 1.29 is 14.7 Å². The first kappa shape index (κ1) is 15.0. The molecular formula is C13H24N2O3. The van der Waals surface area contributed by atoms with E-state index in [-0.39, 0.29) is 23.8 Å². The second-order valence-electron chi connectivity index (χ2n) is 5.02. The summed E-state index contributed by atoms with van der Waals surface area (Å²) in [5.41, 5.74) is 0. The molecule has 3 unspecified atom stereocenters. The van der Waals surface area contributed by atoms with Crippen LogP contribution in [-0.4, -0.2) is 47.1 Å². The van der Waals surface area contributed by atoms with E-state index in [1.807, 2.05) is 13.8 Å². The van der Waals surface area contributed by atoms with Crippen molar-refractivity contribution in [3.63, 3.8) is 0 Å². The van der Waals surface area contributed by atoms with Crippen LogP contribution < -0.4 is 5.32 Å². The second-order valence-corrected chi connectivity index (χ2v) is 5.02. The molecule has 104 valence electrons. The van der Waals surface area contributed by atoms with Crippen LogP contribution in [0.4, 0.5) is 0 Å². The Hall–Kier alpha value is -1.10.